The highest BCUT2D eigenvalue weighted by molar-refractivity contribution is 5.28. The molecule has 0 aromatic carbocycles. The zero-order valence-electron chi connectivity index (χ0n) is 12.2. The molecule has 1 atom stereocenters. The third-order valence-electron chi connectivity index (χ3n) is 4.49. The van der Waals surface area contributed by atoms with E-state index in [1.165, 1.54) is 25.7 Å². The summed E-state index contributed by atoms with van der Waals surface area (Å²) < 4.78 is 10.8. The molecule has 1 aromatic heterocycles. The summed E-state index contributed by atoms with van der Waals surface area (Å²) in [5.41, 5.74) is 0. The smallest absolute Gasteiger partial charge is 0.266 e. The number of hydrogen-bond acceptors (Lipinski definition) is 6. The molecule has 1 saturated heterocycles. The van der Waals surface area contributed by atoms with Gasteiger partial charge < -0.3 is 19.5 Å². The molecule has 0 amide bonds. The highest BCUT2D eigenvalue weighted by Gasteiger charge is 2.26. The lowest BCUT2D eigenvalue weighted by Gasteiger charge is -2.24. The van der Waals surface area contributed by atoms with Crippen molar-refractivity contribution in [3.8, 4) is 0 Å². The second-order valence-corrected chi connectivity index (χ2v) is 5.73. The van der Waals surface area contributed by atoms with Crippen molar-refractivity contribution in [3.63, 3.8) is 0 Å². The number of nitrogens with one attached hydrogen (secondary N) is 1. The second-order valence-electron chi connectivity index (χ2n) is 5.73. The Morgan fingerprint density at radius 3 is 2.75 bits per heavy atom. The summed E-state index contributed by atoms with van der Waals surface area (Å²) in [5.74, 6) is 2.21. The third-order valence-corrected chi connectivity index (χ3v) is 4.49. The van der Waals surface area contributed by atoms with Gasteiger partial charge in [0, 0.05) is 25.6 Å². The molecule has 3 rings (SSSR count). The van der Waals surface area contributed by atoms with Crippen LogP contribution in [0, 0.1) is 5.92 Å². The molecule has 0 radical (unpaired) electrons. The molecular formula is C14H24N4O2. The molecule has 1 aliphatic heterocycles. The van der Waals surface area contributed by atoms with Crippen LogP contribution in [0.2, 0.25) is 0 Å². The molecule has 1 aromatic rings. The van der Waals surface area contributed by atoms with Gasteiger partial charge in [0.05, 0.1) is 13.2 Å². The average molecular weight is 280 g/mol. The monoisotopic (exact) mass is 280 g/mol. The molecule has 1 N–H and O–H groups in total. The average Bonchev–Trinajstić information content (AvgIpc) is 3.17. The van der Waals surface area contributed by atoms with Crippen LogP contribution in [0.15, 0.2) is 4.52 Å². The van der Waals surface area contributed by atoms with Crippen LogP contribution >= 0.6 is 0 Å². The maximum absolute atomic E-state index is 5.43. The minimum atomic E-state index is 0.454. The van der Waals surface area contributed by atoms with E-state index in [0.29, 0.717) is 12.0 Å². The Labute approximate surface area is 119 Å². The molecule has 1 aliphatic carbocycles. The maximum Gasteiger partial charge on any atom is 0.266 e. The summed E-state index contributed by atoms with van der Waals surface area (Å²) in [6.45, 7) is 3.17. The molecule has 112 valence electrons. The van der Waals surface area contributed by atoms with Crippen molar-refractivity contribution in [2.75, 3.05) is 38.3 Å². The molecule has 2 fully saturated rings. The predicted molar refractivity (Wildman–Crippen MR) is 75.8 cm³/mol. The summed E-state index contributed by atoms with van der Waals surface area (Å²) in [7, 11) is 2.03. The van der Waals surface area contributed by atoms with E-state index in [1.807, 2.05) is 7.05 Å². The fourth-order valence-corrected chi connectivity index (χ4v) is 3.27. The molecule has 6 heteroatoms. The Balaban J connectivity index is 1.60. The van der Waals surface area contributed by atoms with Gasteiger partial charge in [0.2, 0.25) is 5.89 Å². The van der Waals surface area contributed by atoms with Crippen LogP contribution in [0.3, 0.4) is 0 Å². The van der Waals surface area contributed by atoms with Crippen LogP contribution in [-0.4, -0.2) is 49.5 Å². The second kappa shape index (κ2) is 6.54. The summed E-state index contributed by atoms with van der Waals surface area (Å²) in [4.78, 5) is 6.67. The number of morpholine rings is 1. The van der Waals surface area contributed by atoms with Crippen molar-refractivity contribution in [1.29, 1.82) is 0 Å². The van der Waals surface area contributed by atoms with Gasteiger partial charge >= 0.3 is 0 Å². The van der Waals surface area contributed by atoms with Crippen LogP contribution < -0.4 is 10.2 Å². The van der Waals surface area contributed by atoms with Gasteiger partial charge in [0.15, 0.2) is 0 Å². The molecule has 0 spiro atoms. The van der Waals surface area contributed by atoms with Gasteiger partial charge in [0.25, 0.3) is 5.95 Å². The Kier molecular flexibility index (Phi) is 4.52. The van der Waals surface area contributed by atoms with Crippen LogP contribution in [0.25, 0.3) is 0 Å². The lowest BCUT2D eigenvalue weighted by Crippen LogP contribution is -2.37. The van der Waals surface area contributed by atoms with E-state index in [-0.39, 0.29) is 0 Å². The topological polar surface area (TPSA) is 63.4 Å². The standard InChI is InChI=1S/C14H24N4O2/c1-15-12(11-4-2-3-5-11)10-13-16-14(17-20-13)18-6-8-19-9-7-18/h11-12,15H,2-10H2,1H3. The third kappa shape index (κ3) is 3.12. The Bertz CT molecular complexity index is 411. The molecule has 6 nitrogen and oxygen atoms in total. The van der Waals surface area contributed by atoms with Gasteiger partial charge in [-0.1, -0.05) is 12.8 Å². The summed E-state index contributed by atoms with van der Waals surface area (Å²) >= 11 is 0. The van der Waals surface area contributed by atoms with Crippen LogP contribution in [0.4, 0.5) is 5.95 Å². The first-order valence-corrected chi connectivity index (χ1v) is 7.69. The summed E-state index contributed by atoms with van der Waals surface area (Å²) in [6.07, 6.45) is 6.17. The minimum absolute atomic E-state index is 0.454. The van der Waals surface area contributed by atoms with Gasteiger partial charge in [-0.3, -0.25) is 0 Å². The number of hydrogen-bond donors (Lipinski definition) is 1. The van der Waals surface area contributed by atoms with Crippen molar-refractivity contribution in [1.82, 2.24) is 15.5 Å². The van der Waals surface area contributed by atoms with Crippen LogP contribution in [0.5, 0.6) is 0 Å². The van der Waals surface area contributed by atoms with E-state index >= 15 is 0 Å². The van der Waals surface area contributed by atoms with Gasteiger partial charge in [-0.05, 0) is 31.0 Å². The van der Waals surface area contributed by atoms with Crippen molar-refractivity contribution >= 4 is 5.95 Å². The first-order valence-electron chi connectivity index (χ1n) is 7.69. The number of rotatable bonds is 5. The number of anilines is 1. The first-order chi connectivity index (χ1) is 9.86. The molecule has 0 bridgehead atoms. The SMILES string of the molecule is CNC(Cc1nc(N2CCOCC2)no1)C1CCCC1. The van der Waals surface area contributed by atoms with Gasteiger partial charge in [-0.2, -0.15) is 4.98 Å². The lowest BCUT2D eigenvalue weighted by atomic mass is 9.95. The Hall–Kier alpha value is -1.14. The minimum Gasteiger partial charge on any atom is -0.378 e. The number of ether oxygens (including phenoxy) is 1. The van der Waals surface area contributed by atoms with E-state index in [1.54, 1.807) is 0 Å². The number of aromatic nitrogens is 2. The predicted octanol–water partition coefficient (Wildman–Crippen LogP) is 1.23. The van der Waals surface area contributed by atoms with E-state index < -0.39 is 0 Å². The lowest BCUT2D eigenvalue weighted by molar-refractivity contribution is 0.121. The van der Waals surface area contributed by atoms with Crippen molar-refractivity contribution in [2.45, 2.75) is 38.1 Å². The summed E-state index contributed by atoms with van der Waals surface area (Å²) in [5, 5.41) is 7.53. The van der Waals surface area contributed by atoms with Crippen molar-refractivity contribution in [3.05, 3.63) is 5.89 Å². The maximum atomic E-state index is 5.43. The highest BCUT2D eigenvalue weighted by Crippen LogP contribution is 2.29. The molecule has 1 saturated carbocycles. The normalized spacial score (nSPS) is 22.4. The van der Waals surface area contributed by atoms with Gasteiger partial charge in [-0.15, -0.1) is 0 Å². The van der Waals surface area contributed by atoms with E-state index in [2.05, 4.69) is 20.4 Å². The fraction of sp³-hybridized carbons (Fsp3) is 0.857. The zero-order valence-corrected chi connectivity index (χ0v) is 12.2. The van der Waals surface area contributed by atoms with E-state index in [4.69, 9.17) is 9.26 Å². The Morgan fingerprint density at radius 2 is 2.05 bits per heavy atom. The largest absolute Gasteiger partial charge is 0.378 e. The van der Waals surface area contributed by atoms with Crippen LogP contribution in [-0.2, 0) is 11.2 Å². The fourth-order valence-electron chi connectivity index (χ4n) is 3.27. The molecule has 2 heterocycles. The Morgan fingerprint density at radius 1 is 1.30 bits per heavy atom. The van der Waals surface area contributed by atoms with Gasteiger partial charge in [0.1, 0.15) is 0 Å². The molecular weight excluding hydrogens is 256 g/mol. The number of nitrogens with zero attached hydrogens (tertiary/aromatic N) is 3. The zero-order chi connectivity index (χ0) is 13.8. The first kappa shape index (κ1) is 13.8. The quantitative estimate of drug-likeness (QED) is 0.875. The molecule has 20 heavy (non-hydrogen) atoms. The van der Waals surface area contributed by atoms with Crippen LogP contribution in [0.1, 0.15) is 31.6 Å². The summed E-state index contributed by atoms with van der Waals surface area (Å²) in [6, 6.07) is 0.454. The molecule has 1 unspecified atom stereocenters. The van der Waals surface area contributed by atoms with E-state index in [0.717, 1.165) is 44.5 Å². The van der Waals surface area contributed by atoms with E-state index in [9.17, 15) is 0 Å². The van der Waals surface area contributed by atoms with Crippen molar-refractivity contribution < 1.29 is 9.26 Å². The highest BCUT2D eigenvalue weighted by atomic mass is 16.5. The number of likely N-dealkylation sites (N-methyl/N-ethyl adjacent to an activating group) is 1. The van der Waals surface area contributed by atoms with Gasteiger partial charge in [-0.25, -0.2) is 0 Å². The van der Waals surface area contributed by atoms with Crippen molar-refractivity contribution in [2.24, 2.45) is 5.92 Å². The molecule has 2 aliphatic rings.